The van der Waals surface area contributed by atoms with Gasteiger partial charge in [-0.25, -0.2) is 4.98 Å². The Morgan fingerprint density at radius 1 is 1.33 bits per heavy atom. The molecule has 98 valence electrons. The molecule has 0 atom stereocenters. The largest absolute Gasteiger partial charge is 0.377 e. The third-order valence-electron chi connectivity index (χ3n) is 2.82. The van der Waals surface area contributed by atoms with Gasteiger partial charge in [0.2, 0.25) is 0 Å². The van der Waals surface area contributed by atoms with Crippen LogP contribution in [0.1, 0.15) is 19.7 Å². The molecule has 3 nitrogen and oxygen atoms in total. The molecule has 0 bridgehead atoms. The number of hydrogen-bond donors (Lipinski definition) is 0. The number of para-hydroxylation sites is 2. The van der Waals surface area contributed by atoms with E-state index in [0.717, 1.165) is 29.8 Å². The molecule has 18 heavy (non-hydrogen) atoms. The van der Waals surface area contributed by atoms with E-state index in [4.69, 9.17) is 16.3 Å². The molecule has 2 aromatic rings. The summed E-state index contributed by atoms with van der Waals surface area (Å²) in [5, 5.41) is 0. The van der Waals surface area contributed by atoms with Crippen LogP contribution in [-0.4, -0.2) is 28.1 Å². The van der Waals surface area contributed by atoms with Crippen LogP contribution in [0.2, 0.25) is 0 Å². The first-order valence-electron chi connectivity index (χ1n) is 6.34. The molecule has 0 aliphatic rings. The van der Waals surface area contributed by atoms with Crippen molar-refractivity contribution in [1.29, 1.82) is 0 Å². The van der Waals surface area contributed by atoms with Crippen molar-refractivity contribution in [3.05, 3.63) is 30.1 Å². The van der Waals surface area contributed by atoms with Gasteiger partial charge in [0.05, 0.1) is 23.7 Å². The third kappa shape index (κ3) is 3.03. The summed E-state index contributed by atoms with van der Waals surface area (Å²) >= 11 is 5.84. The van der Waals surface area contributed by atoms with Crippen LogP contribution in [0.15, 0.2) is 24.3 Å². The van der Waals surface area contributed by atoms with E-state index in [9.17, 15) is 0 Å². The van der Waals surface area contributed by atoms with Gasteiger partial charge >= 0.3 is 0 Å². The van der Waals surface area contributed by atoms with E-state index in [1.165, 1.54) is 0 Å². The Morgan fingerprint density at radius 3 is 2.83 bits per heavy atom. The average molecular weight is 267 g/mol. The van der Waals surface area contributed by atoms with Gasteiger partial charge in [0.1, 0.15) is 5.82 Å². The quantitative estimate of drug-likeness (QED) is 0.751. The highest BCUT2D eigenvalue weighted by Crippen LogP contribution is 2.16. The lowest BCUT2D eigenvalue weighted by molar-refractivity contribution is 0.0729. The molecule has 0 spiro atoms. The minimum absolute atomic E-state index is 0.260. The van der Waals surface area contributed by atoms with Gasteiger partial charge in [-0.2, -0.15) is 0 Å². The molecule has 0 amide bonds. The van der Waals surface area contributed by atoms with E-state index in [1.807, 2.05) is 32.0 Å². The van der Waals surface area contributed by atoms with E-state index in [1.54, 1.807) is 0 Å². The summed E-state index contributed by atoms with van der Waals surface area (Å²) < 4.78 is 7.82. The van der Waals surface area contributed by atoms with Crippen LogP contribution in [-0.2, 0) is 17.7 Å². The highest BCUT2D eigenvalue weighted by atomic mass is 35.5. The predicted octanol–water partition coefficient (Wildman–Crippen LogP) is 3.24. The summed E-state index contributed by atoms with van der Waals surface area (Å²) in [4.78, 5) is 4.62. The molecule has 0 saturated heterocycles. The number of hydrogen-bond acceptors (Lipinski definition) is 2. The average Bonchev–Trinajstić information content (AvgIpc) is 2.68. The number of nitrogens with zero attached hydrogens (tertiary/aromatic N) is 2. The van der Waals surface area contributed by atoms with Gasteiger partial charge in [0.15, 0.2) is 0 Å². The van der Waals surface area contributed by atoms with Crippen molar-refractivity contribution in [3.8, 4) is 0 Å². The van der Waals surface area contributed by atoms with Gasteiger partial charge in [-0.05, 0) is 26.0 Å². The molecule has 4 heteroatoms. The van der Waals surface area contributed by atoms with Crippen molar-refractivity contribution in [2.45, 2.75) is 32.9 Å². The predicted molar refractivity (Wildman–Crippen MR) is 75.2 cm³/mol. The van der Waals surface area contributed by atoms with Crippen LogP contribution in [0.5, 0.6) is 0 Å². The van der Waals surface area contributed by atoms with Crippen molar-refractivity contribution in [2.75, 3.05) is 12.5 Å². The van der Waals surface area contributed by atoms with Crippen LogP contribution in [0.4, 0.5) is 0 Å². The SMILES string of the molecule is CC(C)OCCn1c(CCCl)nc2ccccc21. The number of fused-ring (bicyclic) bond motifs is 1. The van der Waals surface area contributed by atoms with E-state index >= 15 is 0 Å². The molecule has 1 heterocycles. The molecule has 0 aliphatic carbocycles. The number of halogens is 1. The van der Waals surface area contributed by atoms with Crippen LogP contribution in [0.3, 0.4) is 0 Å². The second-order valence-corrected chi connectivity index (χ2v) is 4.90. The Kier molecular flexibility index (Phi) is 4.61. The first-order valence-corrected chi connectivity index (χ1v) is 6.87. The molecule has 0 N–H and O–H groups in total. The van der Waals surface area contributed by atoms with E-state index in [2.05, 4.69) is 15.6 Å². The maximum absolute atomic E-state index is 5.84. The topological polar surface area (TPSA) is 27.1 Å². The summed E-state index contributed by atoms with van der Waals surface area (Å²) in [5.41, 5.74) is 2.19. The van der Waals surface area contributed by atoms with E-state index < -0.39 is 0 Å². The van der Waals surface area contributed by atoms with Crippen molar-refractivity contribution in [1.82, 2.24) is 9.55 Å². The number of aromatic nitrogens is 2. The second-order valence-electron chi connectivity index (χ2n) is 4.53. The van der Waals surface area contributed by atoms with Crippen molar-refractivity contribution >= 4 is 22.6 Å². The van der Waals surface area contributed by atoms with Crippen molar-refractivity contribution < 1.29 is 4.74 Å². The summed E-state index contributed by atoms with van der Waals surface area (Å²) in [6.07, 6.45) is 1.05. The van der Waals surface area contributed by atoms with E-state index in [0.29, 0.717) is 12.5 Å². The fourth-order valence-corrected chi connectivity index (χ4v) is 2.20. The molecular weight excluding hydrogens is 248 g/mol. The van der Waals surface area contributed by atoms with Crippen LogP contribution >= 0.6 is 11.6 Å². The standard InChI is InChI=1S/C14H19ClN2O/c1-11(2)18-10-9-17-13-6-4-3-5-12(13)16-14(17)7-8-15/h3-6,11H,7-10H2,1-2H3. The Balaban J connectivity index is 2.24. The minimum atomic E-state index is 0.260. The zero-order valence-electron chi connectivity index (χ0n) is 10.9. The summed E-state index contributed by atoms with van der Waals surface area (Å²) in [6.45, 7) is 5.62. The highest BCUT2D eigenvalue weighted by Gasteiger charge is 2.09. The van der Waals surface area contributed by atoms with Crippen LogP contribution in [0.25, 0.3) is 11.0 Å². The third-order valence-corrected chi connectivity index (χ3v) is 3.01. The van der Waals surface area contributed by atoms with Gasteiger partial charge in [0.25, 0.3) is 0 Å². The van der Waals surface area contributed by atoms with Crippen LogP contribution in [0, 0.1) is 0 Å². The Hall–Kier alpha value is -1.06. The van der Waals surface area contributed by atoms with Crippen molar-refractivity contribution in [3.63, 3.8) is 0 Å². The molecule has 1 aromatic heterocycles. The zero-order valence-corrected chi connectivity index (χ0v) is 11.7. The van der Waals surface area contributed by atoms with Gasteiger partial charge in [-0.3, -0.25) is 0 Å². The Labute approximate surface area is 113 Å². The van der Waals surface area contributed by atoms with E-state index in [-0.39, 0.29) is 6.10 Å². The molecule has 0 fully saturated rings. The van der Waals surface area contributed by atoms with Gasteiger partial charge in [-0.15, -0.1) is 11.6 Å². The van der Waals surface area contributed by atoms with Crippen molar-refractivity contribution in [2.24, 2.45) is 0 Å². The number of ether oxygens (including phenoxy) is 1. The lowest BCUT2D eigenvalue weighted by Crippen LogP contribution is -2.13. The Bertz CT molecular complexity index is 507. The fraction of sp³-hybridized carbons (Fsp3) is 0.500. The smallest absolute Gasteiger partial charge is 0.111 e. The number of rotatable bonds is 6. The highest BCUT2D eigenvalue weighted by molar-refractivity contribution is 6.17. The molecule has 0 aliphatic heterocycles. The maximum Gasteiger partial charge on any atom is 0.111 e. The van der Waals surface area contributed by atoms with Gasteiger partial charge in [-0.1, -0.05) is 12.1 Å². The minimum Gasteiger partial charge on any atom is -0.377 e. The summed E-state index contributed by atoms with van der Waals surface area (Å²) in [7, 11) is 0. The summed E-state index contributed by atoms with van der Waals surface area (Å²) in [5.74, 6) is 1.63. The zero-order chi connectivity index (χ0) is 13.0. The number of benzene rings is 1. The molecule has 0 radical (unpaired) electrons. The number of imidazole rings is 1. The monoisotopic (exact) mass is 266 g/mol. The maximum atomic E-state index is 5.84. The molecular formula is C14H19ClN2O. The second kappa shape index (κ2) is 6.21. The molecule has 2 rings (SSSR count). The number of aryl methyl sites for hydroxylation is 1. The fourth-order valence-electron chi connectivity index (χ4n) is 2.03. The first kappa shape index (κ1) is 13.4. The lowest BCUT2D eigenvalue weighted by Gasteiger charge is -2.11. The first-order chi connectivity index (χ1) is 8.72. The van der Waals surface area contributed by atoms with Gasteiger partial charge in [0, 0.05) is 18.8 Å². The number of alkyl halides is 1. The van der Waals surface area contributed by atoms with Gasteiger partial charge < -0.3 is 9.30 Å². The lowest BCUT2D eigenvalue weighted by atomic mass is 10.3. The molecule has 0 unspecified atom stereocenters. The normalized spacial score (nSPS) is 11.6. The molecule has 1 aromatic carbocycles. The summed E-state index contributed by atoms with van der Waals surface area (Å²) in [6, 6.07) is 8.17. The molecule has 0 saturated carbocycles. The Morgan fingerprint density at radius 2 is 2.11 bits per heavy atom. The van der Waals surface area contributed by atoms with Crippen LogP contribution < -0.4 is 0 Å².